The number of fused-ring (bicyclic) bond motifs is 1. The molecule has 2 heterocycles. The van der Waals surface area contributed by atoms with Crippen LogP contribution in [-0.4, -0.2) is 15.0 Å². The van der Waals surface area contributed by atoms with Gasteiger partial charge in [-0.25, -0.2) is 9.97 Å². The lowest BCUT2D eigenvalue weighted by Crippen LogP contribution is -2.24. The van der Waals surface area contributed by atoms with Gasteiger partial charge in [-0.3, -0.25) is 4.98 Å². The minimum absolute atomic E-state index is 0.0156. The molecule has 0 unspecified atom stereocenters. The minimum Gasteiger partial charge on any atom is -0.260 e. The summed E-state index contributed by atoms with van der Waals surface area (Å²) in [5.41, 5.74) is 3.42. The van der Waals surface area contributed by atoms with Crippen molar-refractivity contribution >= 4 is 10.9 Å². The van der Waals surface area contributed by atoms with Crippen molar-refractivity contribution in [2.45, 2.75) is 52.4 Å². The zero-order valence-corrected chi connectivity index (χ0v) is 12.1. The molecular weight excluding hydrogens is 222 g/mol. The summed E-state index contributed by atoms with van der Waals surface area (Å²) in [6.45, 7) is 13.2. The van der Waals surface area contributed by atoms with Crippen molar-refractivity contribution in [3.63, 3.8) is 0 Å². The van der Waals surface area contributed by atoms with Crippen molar-refractivity contribution in [1.29, 1.82) is 0 Å². The molecule has 18 heavy (non-hydrogen) atoms. The predicted molar refractivity (Wildman–Crippen MR) is 74.7 cm³/mol. The minimum atomic E-state index is 0.0156. The lowest BCUT2D eigenvalue weighted by molar-refractivity contribution is 0.517. The van der Waals surface area contributed by atoms with Crippen LogP contribution in [0.25, 0.3) is 10.9 Å². The first kappa shape index (κ1) is 12.9. The number of aromatic nitrogens is 3. The van der Waals surface area contributed by atoms with Crippen LogP contribution in [0.1, 0.15) is 52.8 Å². The Kier molecular flexibility index (Phi) is 2.88. The molecule has 2 rings (SSSR count). The van der Waals surface area contributed by atoms with Crippen LogP contribution in [0.5, 0.6) is 0 Å². The highest BCUT2D eigenvalue weighted by atomic mass is 14.8. The standard InChI is InChI=1S/C15H21N3/c1-14(2,3)11-12-10(7-16-9-18-12)8-17-13(11)15(4,5)6/h7-9H,1-6H3. The van der Waals surface area contributed by atoms with Crippen molar-refractivity contribution in [3.8, 4) is 0 Å². The molecule has 2 aromatic heterocycles. The van der Waals surface area contributed by atoms with Gasteiger partial charge in [0.15, 0.2) is 0 Å². The van der Waals surface area contributed by atoms with Crippen molar-refractivity contribution < 1.29 is 0 Å². The first-order chi connectivity index (χ1) is 8.21. The molecule has 0 saturated carbocycles. The van der Waals surface area contributed by atoms with E-state index in [9.17, 15) is 0 Å². The molecule has 0 radical (unpaired) electrons. The van der Waals surface area contributed by atoms with Gasteiger partial charge in [0.25, 0.3) is 0 Å². The smallest absolute Gasteiger partial charge is 0.116 e. The highest BCUT2D eigenvalue weighted by molar-refractivity contribution is 5.82. The molecule has 3 heteroatoms. The summed E-state index contributed by atoms with van der Waals surface area (Å²) in [5, 5.41) is 1.01. The first-order valence-electron chi connectivity index (χ1n) is 6.31. The summed E-state index contributed by atoms with van der Waals surface area (Å²) in [5.74, 6) is 0. The Morgan fingerprint density at radius 1 is 0.833 bits per heavy atom. The van der Waals surface area contributed by atoms with E-state index in [1.807, 2.05) is 12.4 Å². The molecule has 0 amide bonds. The van der Waals surface area contributed by atoms with Crippen LogP contribution < -0.4 is 0 Å². The maximum absolute atomic E-state index is 4.66. The lowest BCUT2D eigenvalue weighted by atomic mass is 9.77. The monoisotopic (exact) mass is 243 g/mol. The zero-order valence-electron chi connectivity index (χ0n) is 12.1. The first-order valence-corrected chi connectivity index (χ1v) is 6.31. The van der Waals surface area contributed by atoms with Gasteiger partial charge < -0.3 is 0 Å². The maximum atomic E-state index is 4.66. The normalized spacial score (nSPS) is 13.0. The molecule has 3 nitrogen and oxygen atoms in total. The second kappa shape index (κ2) is 4.01. The third kappa shape index (κ3) is 2.22. The molecule has 2 aromatic rings. The van der Waals surface area contributed by atoms with E-state index in [0.717, 1.165) is 16.6 Å². The molecule has 0 atom stereocenters. The molecule has 0 aliphatic carbocycles. The fraction of sp³-hybridized carbons (Fsp3) is 0.533. The van der Waals surface area contributed by atoms with E-state index in [2.05, 4.69) is 56.5 Å². The van der Waals surface area contributed by atoms with E-state index < -0.39 is 0 Å². The van der Waals surface area contributed by atoms with Gasteiger partial charge in [-0.2, -0.15) is 0 Å². The average molecular weight is 243 g/mol. The Hall–Kier alpha value is -1.51. The van der Waals surface area contributed by atoms with Crippen molar-refractivity contribution in [1.82, 2.24) is 15.0 Å². The van der Waals surface area contributed by atoms with Gasteiger partial charge in [-0.05, 0) is 5.41 Å². The van der Waals surface area contributed by atoms with E-state index in [-0.39, 0.29) is 10.8 Å². The van der Waals surface area contributed by atoms with Crippen LogP contribution >= 0.6 is 0 Å². The van der Waals surface area contributed by atoms with Crippen LogP contribution in [0.2, 0.25) is 0 Å². The van der Waals surface area contributed by atoms with Gasteiger partial charge in [-0.15, -0.1) is 0 Å². The van der Waals surface area contributed by atoms with Crippen molar-refractivity contribution in [2.75, 3.05) is 0 Å². The number of rotatable bonds is 0. The quantitative estimate of drug-likeness (QED) is 0.709. The topological polar surface area (TPSA) is 38.7 Å². The van der Waals surface area contributed by atoms with Gasteiger partial charge in [0.05, 0.1) is 11.2 Å². The molecule has 0 fully saturated rings. The van der Waals surface area contributed by atoms with Gasteiger partial charge >= 0.3 is 0 Å². The molecule has 0 aliphatic heterocycles. The maximum Gasteiger partial charge on any atom is 0.116 e. The van der Waals surface area contributed by atoms with E-state index >= 15 is 0 Å². The summed E-state index contributed by atoms with van der Waals surface area (Å²) >= 11 is 0. The fourth-order valence-corrected chi connectivity index (χ4v) is 2.23. The highest BCUT2D eigenvalue weighted by Gasteiger charge is 2.29. The van der Waals surface area contributed by atoms with Gasteiger partial charge in [0.2, 0.25) is 0 Å². The predicted octanol–water partition coefficient (Wildman–Crippen LogP) is 3.62. The zero-order chi connectivity index (χ0) is 13.6. The van der Waals surface area contributed by atoms with Gasteiger partial charge in [0, 0.05) is 28.8 Å². The van der Waals surface area contributed by atoms with Crippen LogP contribution in [0.15, 0.2) is 18.7 Å². The van der Waals surface area contributed by atoms with Gasteiger partial charge in [-0.1, -0.05) is 41.5 Å². The van der Waals surface area contributed by atoms with E-state index in [4.69, 9.17) is 0 Å². The van der Waals surface area contributed by atoms with Crippen LogP contribution in [0, 0.1) is 0 Å². The Morgan fingerprint density at radius 2 is 1.50 bits per heavy atom. The molecular formula is C15H21N3. The van der Waals surface area contributed by atoms with E-state index in [0.29, 0.717) is 0 Å². The SMILES string of the molecule is CC(C)(C)c1ncc2cncnc2c1C(C)(C)C. The second-order valence-electron chi connectivity index (χ2n) is 6.81. The molecule has 0 spiro atoms. The van der Waals surface area contributed by atoms with Crippen molar-refractivity contribution in [2.24, 2.45) is 0 Å². The van der Waals surface area contributed by atoms with Crippen LogP contribution in [0.3, 0.4) is 0 Å². The third-order valence-electron chi connectivity index (χ3n) is 3.01. The Morgan fingerprint density at radius 3 is 2.06 bits per heavy atom. The Bertz CT molecular complexity index is 574. The molecule has 0 N–H and O–H groups in total. The average Bonchev–Trinajstić information content (AvgIpc) is 2.24. The number of pyridine rings is 1. The number of nitrogens with zero attached hydrogens (tertiary/aromatic N) is 3. The Balaban J connectivity index is 2.89. The largest absolute Gasteiger partial charge is 0.260 e. The van der Waals surface area contributed by atoms with Gasteiger partial charge in [0.1, 0.15) is 6.33 Å². The summed E-state index contributed by atoms with van der Waals surface area (Å²) in [7, 11) is 0. The summed E-state index contributed by atoms with van der Waals surface area (Å²) in [4.78, 5) is 13.2. The fourth-order valence-electron chi connectivity index (χ4n) is 2.23. The Labute approximate surface area is 109 Å². The number of hydrogen-bond acceptors (Lipinski definition) is 3. The third-order valence-corrected chi connectivity index (χ3v) is 3.01. The van der Waals surface area contributed by atoms with E-state index in [1.165, 1.54) is 5.56 Å². The highest BCUT2D eigenvalue weighted by Crippen LogP contribution is 2.35. The number of hydrogen-bond donors (Lipinski definition) is 0. The van der Waals surface area contributed by atoms with E-state index in [1.54, 1.807) is 6.33 Å². The second-order valence-corrected chi connectivity index (χ2v) is 6.81. The molecule has 0 bridgehead atoms. The van der Waals surface area contributed by atoms with Crippen molar-refractivity contribution in [3.05, 3.63) is 30.0 Å². The molecule has 0 saturated heterocycles. The van der Waals surface area contributed by atoms with Crippen LogP contribution in [-0.2, 0) is 10.8 Å². The van der Waals surface area contributed by atoms with Crippen LogP contribution in [0.4, 0.5) is 0 Å². The summed E-state index contributed by atoms with van der Waals surface area (Å²) < 4.78 is 0. The molecule has 0 aromatic carbocycles. The summed E-state index contributed by atoms with van der Waals surface area (Å²) in [6, 6.07) is 0. The lowest BCUT2D eigenvalue weighted by Gasteiger charge is -2.29. The summed E-state index contributed by atoms with van der Waals surface area (Å²) in [6.07, 6.45) is 5.33. The molecule has 96 valence electrons. The molecule has 0 aliphatic rings.